The van der Waals surface area contributed by atoms with E-state index >= 15 is 0 Å². The van der Waals surface area contributed by atoms with Gasteiger partial charge in [-0.05, 0) is 43.1 Å². The Morgan fingerprint density at radius 1 is 1.29 bits per heavy atom. The second-order valence-electron chi connectivity index (χ2n) is 6.80. The zero-order chi connectivity index (χ0) is 19.2. The molecule has 1 saturated heterocycles. The first-order valence-electron chi connectivity index (χ1n) is 9.49. The van der Waals surface area contributed by atoms with Gasteiger partial charge in [-0.2, -0.15) is 4.98 Å². The lowest BCUT2D eigenvalue weighted by Crippen LogP contribution is -2.23. The van der Waals surface area contributed by atoms with Crippen LogP contribution in [0.4, 0.5) is 5.82 Å². The number of nitrogens with one attached hydrogen (secondary N) is 1. The third kappa shape index (κ3) is 4.35. The highest BCUT2D eigenvalue weighted by Crippen LogP contribution is 2.33. The fraction of sp³-hybridized carbons (Fsp3) is 0.400. The third-order valence-electron chi connectivity index (χ3n) is 4.83. The molecule has 1 atom stereocenters. The molecule has 0 amide bonds. The normalized spacial score (nSPS) is 17.1. The molecule has 0 spiro atoms. The molecule has 0 radical (unpaired) electrons. The molecular weight excluding hydrogens is 356 g/mol. The van der Waals surface area contributed by atoms with Crippen LogP contribution in [-0.2, 0) is 11.3 Å². The van der Waals surface area contributed by atoms with Crippen LogP contribution in [0.2, 0.25) is 0 Å². The van der Waals surface area contributed by atoms with E-state index in [9.17, 15) is 0 Å². The Morgan fingerprint density at radius 3 is 3.04 bits per heavy atom. The largest absolute Gasteiger partial charge is 0.383 e. The van der Waals surface area contributed by atoms with Crippen molar-refractivity contribution in [2.24, 2.45) is 0 Å². The van der Waals surface area contributed by atoms with Crippen molar-refractivity contribution in [3.8, 4) is 11.4 Å². The van der Waals surface area contributed by atoms with Gasteiger partial charge in [-0.3, -0.25) is 9.88 Å². The van der Waals surface area contributed by atoms with E-state index in [1.807, 2.05) is 24.4 Å². The monoisotopic (exact) mass is 380 g/mol. The van der Waals surface area contributed by atoms with Crippen molar-refractivity contribution < 1.29 is 9.26 Å². The highest BCUT2D eigenvalue weighted by atomic mass is 16.5. The molecule has 1 aliphatic heterocycles. The molecular formula is C20H24N6O2. The fourth-order valence-corrected chi connectivity index (χ4v) is 3.42. The topological polar surface area (TPSA) is 89.2 Å². The average molecular weight is 380 g/mol. The van der Waals surface area contributed by atoms with Gasteiger partial charge in [-0.25, -0.2) is 4.98 Å². The first-order chi connectivity index (χ1) is 13.8. The number of rotatable bonds is 8. The van der Waals surface area contributed by atoms with E-state index in [0.29, 0.717) is 24.9 Å². The first-order valence-corrected chi connectivity index (χ1v) is 9.49. The van der Waals surface area contributed by atoms with E-state index < -0.39 is 0 Å². The standard InChI is InChI=1S/C20H24N6O2/c1-27-11-9-22-18-7-6-16(13-23-18)19-24-20(28-25-19)17-5-3-10-26(17)14-15-4-2-8-21-12-15/h2,4,6-8,12-13,17H,3,5,9-11,14H2,1H3,(H,22,23)/t17-/m1/s1. The molecule has 1 N–H and O–H groups in total. The summed E-state index contributed by atoms with van der Waals surface area (Å²) in [6.45, 7) is 3.19. The predicted octanol–water partition coefficient (Wildman–Crippen LogP) is 2.92. The Labute approximate surface area is 164 Å². The summed E-state index contributed by atoms with van der Waals surface area (Å²) >= 11 is 0. The van der Waals surface area contributed by atoms with Gasteiger partial charge in [0.15, 0.2) is 0 Å². The summed E-state index contributed by atoms with van der Waals surface area (Å²) in [4.78, 5) is 15.6. The molecule has 3 aromatic heterocycles. The summed E-state index contributed by atoms with van der Waals surface area (Å²) in [7, 11) is 1.67. The van der Waals surface area contributed by atoms with Gasteiger partial charge >= 0.3 is 0 Å². The molecule has 4 rings (SSSR count). The fourth-order valence-electron chi connectivity index (χ4n) is 3.42. The van der Waals surface area contributed by atoms with Gasteiger partial charge in [0.25, 0.3) is 0 Å². The number of methoxy groups -OCH3 is 1. The molecule has 8 heteroatoms. The number of aromatic nitrogens is 4. The predicted molar refractivity (Wildman–Crippen MR) is 105 cm³/mol. The molecule has 4 heterocycles. The van der Waals surface area contributed by atoms with E-state index in [1.54, 1.807) is 19.5 Å². The minimum absolute atomic E-state index is 0.143. The highest BCUT2D eigenvalue weighted by Gasteiger charge is 2.30. The molecule has 0 saturated carbocycles. The van der Waals surface area contributed by atoms with Crippen molar-refractivity contribution in [3.63, 3.8) is 0 Å². The van der Waals surface area contributed by atoms with Crippen molar-refractivity contribution in [2.45, 2.75) is 25.4 Å². The maximum Gasteiger partial charge on any atom is 0.244 e. The van der Waals surface area contributed by atoms with Crippen molar-refractivity contribution in [1.82, 2.24) is 25.0 Å². The Balaban J connectivity index is 1.43. The summed E-state index contributed by atoms with van der Waals surface area (Å²) in [5, 5.41) is 7.36. The molecule has 3 aromatic rings. The van der Waals surface area contributed by atoms with E-state index in [2.05, 4.69) is 36.4 Å². The molecule has 28 heavy (non-hydrogen) atoms. The van der Waals surface area contributed by atoms with Crippen LogP contribution in [0.25, 0.3) is 11.4 Å². The summed E-state index contributed by atoms with van der Waals surface area (Å²) in [6.07, 6.45) is 7.59. The third-order valence-corrected chi connectivity index (χ3v) is 4.83. The number of nitrogens with zero attached hydrogens (tertiary/aromatic N) is 5. The van der Waals surface area contributed by atoms with Gasteiger partial charge in [-0.15, -0.1) is 0 Å². The Morgan fingerprint density at radius 2 is 2.25 bits per heavy atom. The van der Waals surface area contributed by atoms with E-state index in [4.69, 9.17) is 9.26 Å². The smallest absolute Gasteiger partial charge is 0.244 e. The molecule has 1 aliphatic rings. The highest BCUT2D eigenvalue weighted by molar-refractivity contribution is 5.55. The summed E-state index contributed by atoms with van der Waals surface area (Å²) < 4.78 is 10.6. The van der Waals surface area contributed by atoms with Gasteiger partial charge in [0.2, 0.25) is 11.7 Å². The maximum absolute atomic E-state index is 5.60. The minimum atomic E-state index is 0.143. The van der Waals surface area contributed by atoms with Crippen LogP contribution < -0.4 is 5.32 Å². The molecule has 0 aliphatic carbocycles. The van der Waals surface area contributed by atoms with Crippen LogP contribution in [0.3, 0.4) is 0 Å². The first kappa shape index (κ1) is 18.5. The number of ether oxygens (including phenoxy) is 1. The number of hydrogen-bond donors (Lipinski definition) is 1. The van der Waals surface area contributed by atoms with Crippen LogP contribution >= 0.6 is 0 Å². The van der Waals surface area contributed by atoms with Gasteiger partial charge in [0, 0.05) is 44.4 Å². The Bertz CT molecular complexity index is 868. The van der Waals surface area contributed by atoms with Crippen LogP contribution in [0.15, 0.2) is 47.4 Å². The number of hydrogen-bond acceptors (Lipinski definition) is 8. The van der Waals surface area contributed by atoms with Gasteiger partial charge in [0.1, 0.15) is 5.82 Å². The van der Waals surface area contributed by atoms with Gasteiger partial charge in [0.05, 0.1) is 12.6 Å². The molecule has 1 fully saturated rings. The van der Waals surface area contributed by atoms with Gasteiger partial charge < -0.3 is 14.6 Å². The Kier molecular flexibility index (Phi) is 5.89. The summed E-state index contributed by atoms with van der Waals surface area (Å²) in [5.74, 6) is 2.03. The molecule has 0 bridgehead atoms. The summed E-state index contributed by atoms with van der Waals surface area (Å²) in [5.41, 5.74) is 2.03. The van der Waals surface area contributed by atoms with Crippen molar-refractivity contribution in [2.75, 3.05) is 32.1 Å². The number of anilines is 1. The molecule has 0 aromatic carbocycles. The minimum Gasteiger partial charge on any atom is -0.383 e. The van der Waals surface area contributed by atoms with Crippen LogP contribution in [0, 0.1) is 0 Å². The summed E-state index contributed by atoms with van der Waals surface area (Å²) in [6, 6.07) is 8.05. The van der Waals surface area contributed by atoms with E-state index in [0.717, 1.165) is 37.3 Å². The Hall–Kier alpha value is -2.84. The quantitative estimate of drug-likeness (QED) is 0.597. The zero-order valence-electron chi connectivity index (χ0n) is 15.9. The van der Waals surface area contributed by atoms with Gasteiger partial charge in [-0.1, -0.05) is 11.2 Å². The van der Waals surface area contributed by atoms with Crippen LogP contribution in [0.5, 0.6) is 0 Å². The molecule has 146 valence electrons. The number of pyridine rings is 2. The molecule has 8 nitrogen and oxygen atoms in total. The number of likely N-dealkylation sites (tertiary alicyclic amines) is 1. The van der Waals surface area contributed by atoms with Crippen molar-refractivity contribution >= 4 is 5.82 Å². The average Bonchev–Trinajstić information content (AvgIpc) is 3.39. The molecule has 0 unspecified atom stereocenters. The van der Waals surface area contributed by atoms with Crippen LogP contribution in [0.1, 0.15) is 30.3 Å². The lowest BCUT2D eigenvalue weighted by Gasteiger charge is -2.21. The second-order valence-corrected chi connectivity index (χ2v) is 6.80. The van der Waals surface area contributed by atoms with Crippen molar-refractivity contribution in [1.29, 1.82) is 0 Å². The van der Waals surface area contributed by atoms with E-state index in [1.165, 1.54) is 5.56 Å². The zero-order valence-corrected chi connectivity index (χ0v) is 15.9. The second kappa shape index (κ2) is 8.90. The van der Waals surface area contributed by atoms with Crippen molar-refractivity contribution in [3.05, 3.63) is 54.3 Å². The SMILES string of the molecule is COCCNc1ccc(-c2noc([C@H]3CCCN3Cc3cccnc3)n2)cn1. The lowest BCUT2D eigenvalue weighted by molar-refractivity contribution is 0.201. The lowest BCUT2D eigenvalue weighted by atomic mass is 10.2. The van der Waals surface area contributed by atoms with E-state index in [-0.39, 0.29) is 6.04 Å². The maximum atomic E-state index is 5.60. The van der Waals surface area contributed by atoms with Crippen LogP contribution in [-0.4, -0.2) is 51.8 Å².